The molecule has 0 saturated carbocycles. The Morgan fingerprint density at radius 1 is 1.38 bits per heavy atom. The average molecular weight is 329 g/mol. The van der Waals surface area contributed by atoms with Gasteiger partial charge in [-0.3, -0.25) is 4.79 Å². The van der Waals surface area contributed by atoms with Crippen molar-refractivity contribution in [2.24, 2.45) is 0 Å². The van der Waals surface area contributed by atoms with Gasteiger partial charge in [0.25, 0.3) is 3.79 Å². The summed E-state index contributed by atoms with van der Waals surface area (Å²) >= 11 is 21.2. The van der Waals surface area contributed by atoms with Gasteiger partial charge < -0.3 is 4.98 Å². The summed E-state index contributed by atoms with van der Waals surface area (Å²) in [6.07, 6.45) is 0. The largest absolute Gasteiger partial charge is 0.349 e. The number of aromatic nitrogens is 1. The van der Waals surface area contributed by atoms with Crippen molar-refractivity contribution in [2.75, 3.05) is 0 Å². The van der Waals surface area contributed by atoms with Crippen molar-refractivity contribution in [3.05, 3.63) is 16.8 Å². The molecule has 0 amide bonds. The molecule has 1 aromatic rings. The summed E-state index contributed by atoms with van der Waals surface area (Å²) in [6, 6.07) is 0.859. The lowest BCUT2D eigenvalue weighted by Crippen LogP contribution is -2.19. The molecule has 0 unspecified atom stereocenters. The van der Waals surface area contributed by atoms with E-state index in [1.165, 1.54) is 0 Å². The topological polar surface area (TPSA) is 67.0 Å². The number of hydrogen-bond donors (Lipinski definition) is 1. The molecule has 0 bridgehead atoms. The van der Waals surface area contributed by atoms with Crippen molar-refractivity contribution in [2.45, 2.75) is 8.82 Å². The molecule has 0 atom stereocenters. The quantitative estimate of drug-likeness (QED) is 0.515. The molecular formula is C6H2Cl4FNO3S. The number of carbonyl (C=O) groups is 1. The highest BCUT2D eigenvalue weighted by atomic mass is 35.6. The Bertz CT molecular complexity index is 532. The van der Waals surface area contributed by atoms with Gasteiger partial charge >= 0.3 is 10.2 Å². The fourth-order valence-electron chi connectivity index (χ4n) is 0.863. The molecule has 10 heteroatoms. The van der Waals surface area contributed by atoms with Crippen LogP contribution in [0.4, 0.5) is 3.89 Å². The average Bonchev–Trinajstić information content (AvgIpc) is 2.43. The van der Waals surface area contributed by atoms with Gasteiger partial charge in [-0.25, -0.2) is 0 Å². The van der Waals surface area contributed by atoms with Crippen LogP contribution in [-0.4, -0.2) is 23.0 Å². The van der Waals surface area contributed by atoms with Gasteiger partial charge in [-0.05, 0) is 6.07 Å². The fraction of sp³-hybridized carbons (Fsp3) is 0.167. The first-order valence-corrected chi connectivity index (χ1v) is 6.37. The Morgan fingerprint density at radius 3 is 2.19 bits per heavy atom. The van der Waals surface area contributed by atoms with Crippen LogP contribution < -0.4 is 0 Å². The van der Waals surface area contributed by atoms with Gasteiger partial charge in [-0.1, -0.05) is 50.3 Å². The summed E-state index contributed by atoms with van der Waals surface area (Å²) in [5.41, 5.74) is -0.416. The van der Waals surface area contributed by atoms with Crippen LogP contribution in [0, 0.1) is 0 Å². The maximum atomic E-state index is 12.6. The second-order valence-electron chi connectivity index (χ2n) is 2.62. The summed E-state index contributed by atoms with van der Waals surface area (Å²) in [5, 5.41) is -1.45. The van der Waals surface area contributed by atoms with Crippen LogP contribution in [0.5, 0.6) is 0 Å². The van der Waals surface area contributed by atoms with E-state index in [0.29, 0.717) is 0 Å². The SMILES string of the molecule is O=C(c1cc(Cl)c(S(=O)(=O)F)[nH]1)C(Cl)(Cl)Cl. The van der Waals surface area contributed by atoms with Gasteiger partial charge in [0.15, 0.2) is 5.03 Å². The monoisotopic (exact) mass is 327 g/mol. The number of Topliss-reactive ketones (excluding diaryl/α,β-unsaturated/α-hetero) is 1. The Morgan fingerprint density at radius 2 is 1.88 bits per heavy atom. The summed E-state index contributed by atoms with van der Waals surface area (Å²) in [7, 11) is -5.06. The third kappa shape index (κ3) is 3.01. The fourth-order valence-corrected chi connectivity index (χ4v) is 2.12. The van der Waals surface area contributed by atoms with E-state index >= 15 is 0 Å². The second-order valence-corrected chi connectivity index (χ2v) is 6.60. The standard InChI is InChI=1S/C6H2Cl4FNO3S/c7-2-1-3(4(13)6(8,9)10)12-5(2)16(11,14)15/h1,12H. The van der Waals surface area contributed by atoms with Crippen molar-refractivity contribution in [1.29, 1.82) is 0 Å². The minimum atomic E-state index is -5.06. The molecule has 1 aromatic heterocycles. The molecule has 0 saturated heterocycles. The van der Waals surface area contributed by atoms with Gasteiger partial charge in [0.2, 0.25) is 5.78 Å². The van der Waals surface area contributed by atoms with E-state index in [4.69, 9.17) is 46.4 Å². The number of halogens is 5. The third-order valence-electron chi connectivity index (χ3n) is 1.48. The Kier molecular flexibility index (Phi) is 3.81. The summed E-state index contributed by atoms with van der Waals surface area (Å²) < 4.78 is 31.4. The number of H-pyrrole nitrogens is 1. The number of alkyl halides is 3. The molecule has 1 N–H and O–H groups in total. The first kappa shape index (κ1) is 14.1. The molecule has 0 aliphatic carbocycles. The van der Waals surface area contributed by atoms with Crippen molar-refractivity contribution < 1.29 is 17.1 Å². The maximum Gasteiger partial charge on any atom is 0.349 e. The predicted molar refractivity (Wildman–Crippen MR) is 58.7 cm³/mol. The van der Waals surface area contributed by atoms with Crippen LogP contribution in [0.3, 0.4) is 0 Å². The van der Waals surface area contributed by atoms with Crippen molar-refractivity contribution in [3.8, 4) is 0 Å². The Balaban J connectivity index is 3.28. The van der Waals surface area contributed by atoms with Gasteiger partial charge in [0.05, 0.1) is 10.7 Å². The van der Waals surface area contributed by atoms with Gasteiger partial charge in [-0.15, -0.1) is 0 Å². The molecule has 1 rings (SSSR count). The third-order valence-corrected chi connectivity index (χ3v) is 3.22. The smallest absolute Gasteiger partial charge is 0.340 e. The van der Waals surface area contributed by atoms with Crippen LogP contribution in [-0.2, 0) is 10.2 Å². The summed E-state index contributed by atoms with van der Waals surface area (Å²) in [5.74, 6) is -1.05. The first-order chi connectivity index (χ1) is 7.03. The number of hydrogen-bond acceptors (Lipinski definition) is 3. The number of nitrogens with one attached hydrogen (secondary N) is 1. The van der Waals surface area contributed by atoms with Crippen LogP contribution in [0.1, 0.15) is 10.5 Å². The Hall–Kier alpha value is -0.0100. The van der Waals surface area contributed by atoms with Crippen molar-refractivity contribution in [1.82, 2.24) is 4.98 Å². The zero-order valence-corrected chi connectivity index (χ0v) is 10.9. The van der Waals surface area contributed by atoms with Gasteiger partial charge in [-0.2, -0.15) is 8.42 Å². The molecule has 90 valence electrons. The lowest BCUT2D eigenvalue weighted by atomic mass is 10.3. The van der Waals surface area contributed by atoms with Crippen LogP contribution in [0.2, 0.25) is 5.02 Å². The summed E-state index contributed by atoms with van der Waals surface area (Å²) in [6.45, 7) is 0. The molecule has 0 spiro atoms. The van der Waals surface area contributed by atoms with Gasteiger partial charge in [0.1, 0.15) is 0 Å². The highest BCUT2D eigenvalue weighted by Crippen LogP contribution is 2.32. The lowest BCUT2D eigenvalue weighted by Gasteiger charge is -2.06. The normalized spacial score (nSPS) is 12.8. The van der Waals surface area contributed by atoms with Gasteiger partial charge in [0, 0.05) is 0 Å². The molecule has 0 aliphatic rings. The molecular weight excluding hydrogens is 327 g/mol. The molecule has 0 aliphatic heterocycles. The molecule has 0 aromatic carbocycles. The van der Waals surface area contributed by atoms with Crippen LogP contribution >= 0.6 is 46.4 Å². The number of ketones is 1. The van der Waals surface area contributed by atoms with E-state index in [2.05, 4.69) is 0 Å². The van der Waals surface area contributed by atoms with Crippen molar-refractivity contribution in [3.63, 3.8) is 0 Å². The summed E-state index contributed by atoms with van der Waals surface area (Å²) in [4.78, 5) is 13.3. The molecule has 1 heterocycles. The molecule has 0 radical (unpaired) electrons. The first-order valence-electron chi connectivity index (χ1n) is 3.48. The second kappa shape index (κ2) is 4.34. The predicted octanol–water partition coefficient (Wildman–Crippen LogP) is 2.88. The van der Waals surface area contributed by atoms with E-state index in [1.807, 2.05) is 4.98 Å². The van der Waals surface area contributed by atoms with Crippen LogP contribution in [0.25, 0.3) is 0 Å². The van der Waals surface area contributed by atoms with E-state index in [1.54, 1.807) is 0 Å². The van der Waals surface area contributed by atoms with E-state index in [-0.39, 0.29) is 0 Å². The lowest BCUT2D eigenvalue weighted by molar-refractivity contribution is 0.0992. The number of aromatic amines is 1. The van der Waals surface area contributed by atoms with E-state index < -0.39 is 35.5 Å². The van der Waals surface area contributed by atoms with E-state index in [9.17, 15) is 17.1 Å². The minimum Gasteiger partial charge on any atom is -0.340 e. The van der Waals surface area contributed by atoms with E-state index in [0.717, 1.165) is 6.07 Å². The highest BCUT2D eigenvalue weighted by molar-refractivity contribution is 7.86. The molecule has 0 fully saturated rings. The Labute approximate surface area is 110 Å². The number of carbonyl (C=O) groups excluding carboxylic acids is 1. The zero-order valence-electron chi connectivity index (χ0n) is 7.10. The number of rotatable bonds is 2. The molecule has 16 heavy (non-hydrogen) atoms. The van der Waals surface area contributed by atoms with Crippen molar-refractivity contribution >= 4 is 62.4 Å². The zero-order chi connectivity index (χ0) is 12.7. The minimum absolute atomic E-state index is 0.416. The van der Waals surface area contributed by atoms with Crippen LogP contribution in [0.15, 0.2) is 11.1 Å². The highest BCUT2D eigenvalue weighted by Gasteiger charge is 2.34. The molecule has 4 nitrogen and oxygen atoms in total. The maximum absolute atomic E-state index is 12.6.